The Bertz CT molecular complexity index is 832. The van der Waals surface area contributed by atoms with Gasteiger partial charge in [-0.3, -0.25) is 9.59 Å². The maximum absolute atomic E-state index is 12.9. The van der Waals surface area contributed by atoms with Crippen LogP contribution in [0, 0.1) is 0 Å². The maximum atomic E-state index is 12.9. The first-order valence-electron chi connectivity index (χ1n) is 12.7. The average Bonchev–Trinajstić information content (AvgIpc) is 3.17. The Balaban J connectivity index is 1.91. The van der Waals surface area contributed by atoms with Gasteiger partial charge in [-0.25, -0.2) is 14.5 Å². The summed E-state index contributed by atoms with van der Waals surface area (Å²) in [6.07, 6.45) is 7.08. The third kappa shape index (κ3) is 8.98. The number of rotatable bonds is 16. The number of carboxylic acid groups (broad SMARTS) is 1. The Kier molecular flexibility index (Phi) is 12.2. The molecule has 0 saturated carbocycles. The smallest absolute Gasteiger partial charge is 0.328 e. The van der Waals surface area contributed by atoms with Crippen molar-refractivity contribution in [3.05, 3.63) is 35.9 Å². The number of aliphatic carboxylic acids is 1. The fraction of sp³-hybridized carbons (Fsp3) is 0.615. The molecular formula is C26H39N3O6. The van der Waals surface area contributed by atoms with Crippen molar-refractivity contribution in [2.24, 2.45) is 0 Å². The number of nitrogens with zero attached hydrogens (tertiary/aromatic N) is 2. The largest absolute Gasteiger partial charge is 0.480 e. The zero-order valence-corrected chi connectivity index (χ0v) is 20.9. The van der Waals surface area contributed by atoms with E-state index in [2.05, 4.69) is 12.2 Å². The molecule has 35 heavy (non-hydrogen) atoms. The molecule has 1 aromatic carbocycles. The van der Waals surface area contributed by atoms with Gasteiger partial charge in [-0.15, -0.1) is 0 Å². The lowest BCUT2D eigenvalue weighted by Crippen LogP contribution is -2.46. The predicted molar refractivity (Wildman–Crippen MR) is 132 cm³/mol. The van der Waals surface area contributed by atoms with Crippen molar-refractivity contribution >= 4 is 23.9 Å². The summed E-state index contributed by atoms with van der Waals surface area (Å²) in [6, 6.07) is 6.84. The molecule has 0 spiro atoms. The van der Waals surface area contributed by atoms with Crippen molar-refractivity contribution in [1.29, 1.82) is 0 Å². The lowest BCUT2D eigenvalue weighted by atomic mass is 10.1. The van der Waals surface area contributed by atoms with Gasteiger partial charge in [0.25, 0.3) is 0 Å². The Hall–Kier alpha value is -2.94. The van der Waals surface area contributed by atoms with Gasteiger partial charge in [0, 0.05) is 19.5 Å². The van der Waals surface area contributed by atoms with Gasteiger partial charge in [0.15, 0.2) is 6.04 Å². The first-order valence-corrected chi connectivity index (χ1v) is 12.7. The van der Waals surface area contributed by atoms with E-state index in [1.54, 1.807) is 6.92 Å². The summed E-state index contributed by atoms with van der Waals surface area (Å²) in [4.78, 5) is 52.1. The minimum Gasteiger partial charge on any atom is -0.480 e. The monoisotopic (exact) mass is 489 g/mol. The summed E-state index contributed by atoms with van der Waals surface area (Å²) >= 11 is 0. The number of unbranched alkanes of at least 4 members (excludes halogenated alkanes) is 5. The maximum Gasteiger partial charge on any atom is 0.328 e. The summed E-state index contributed by atoms with van der Waals surface area (Å²) in [7, 11) is 0. The van der Waals surface area contributed by atoms with Crippen LogP contribution >= 0.6 is 0 Å². The van der Waals surface area contributed by atoms with E-state index in [1.807, 2.05) is 30.3 Å². The fourth-order valence-electron chi connectivity index (χ4n) is 4.21. The third-order valence-corrected chi connectivity index (χ3v) is 6.10. The average molecular weight is 490 g/mol. The topological polar surface area (TPSA) is 116 Å². The zero-order valence-electron chi connectivity index (χ0n) is 20.9. The van der Waals surface area contributed by atoms with E-state index < -0.39 is 30.0 Å². The number of carbonyl (C=O) groups excluding carboxylic acids is 3. The second-order valence-corrected chi connectivity index (χ2v) is 8.83. The Morgan fingerprint density at radius 3 is 2.43 bits per heavy atom. The van der Waals surface area contributed by atoms with E-state index >= 15 is 0 Å². The molecule has 1 saturated heterocycles. The molecule has 0 aromatic heterocycles. The van der Waals surface area contributed by atoms with Crippen LogP contribution in [0.15, 0.2) is 30.3 Å². The van der Waals surface area contributed by atoms with Gasteiger partial charge in [-0.1, -0.05) is 75.8 Å². The molecule has 3 amide bonds. The summed E-state index contributed by atoms with van der Waals surface area (Å²) < 4.78 is 5.16. The van der Waals surface area contributed by atoms with Crippen molar-refractivity contribution < 1.29 is 29.0 Å². The molecule has 2 rings (SSSR count). The van der Waals surface area contributed by atoms with Gasteiger partial charge in [0.2, 0.25) is 5.91 Å². The summed E-state index contributed by atoms with van der Waals surface area (Å²) in [5.41, 5.74) is 0.855. The van der Waals surface area contributed by atoms with Crippen LogP contribution in [0.5, 0.6) is 0 Å². The first-order chi connectivity index (χ1) is 16.9. The lowest BCUT2D eigenvalue weighted by molar-refractivity contribution is -0.146. The minimum absolute atomic E-state index is 0.0638. The molecule has 2 atom stereocenters. The highest BCUT2D eigenvalue weighted by Gasteiger charge is 2.44. The quantitative estimate of drug-likeness (QED) is 0.269. The van der Waals surface area contributed by atoms with E-state index in [9.17, 15) is 24.3 Å². The Labute approximate surface area is 207 Å². The number of nitrogens with one attached hydrogen (secondary N) is 1. The van der Waals surface area contributed by atoms with E-state index in [-0.39, 0.29) is 38.6 Å². The number of carbonyl (C=O) groups is 4. The molecular weight excluding hydrogens is 450 g/mol. The van der Waals surface area contributed by atoms with Gasteiger partial charge < -0.3 is 20.1 Å². The second kappa shape index (κ2) is 15.1. The van der Waals surface area contributed by atoms with E-state index in [0.29, 0.717) is 6.42 Å². The van der Waals surface area contributed by atoms with Gasteiger partial charge in [0.05, 0.1) is 13.2 Å². The van der Waals surface area contributed by atoms with Gasteiger partial charge in [-0.05, 0) is 18.9 Å². The van der Waals surface area contributed by atoms with E-state index in [4.69, 9.17) is 4.74 Å². The number of carboxylic acids is 1. The van der Waals surface area contributed by atoms with Crippen molar-refractivity contribution in [1.82, 2.24) is 15.1 Å². The van der Waals surface area contributed by atoms with Crippen LogP contribution in [0.25, 0.3) is 0 Å². The number of benzene rings is 1. The number of esters is 1. The highest BCUT2D eigenvalue weighted by molar-refractivity contribution is 6.01. The predicted octanol–water partition coefficient (Wildman–Crippen LogP) is 3.57. The number of amides is 3. The summed E-state index contributed by atoms with van der Waals surface area (Å²) in [5, 5.41) is 12.7. The normalized spacial score (nSPS) is 16.4. The van der Waals surface area contributed by atoms with Gasteiger partial charge in [-0.2, -0.15) is 0 Å². The van der Waals surface area contributed by atoms with Crippen molar-refractivity contribution in [2.75, 3.05) is 19.7 Å². The molecule has 9 heteroatoms. The molecule has 1 fully saturated rings. The van der Waals surface area contributed by atoms with Crippen LogP contribution in [-0.4, -0.2) is 70.6 Å². The number of urea groups is 1. The molecule has 2 N–H and O–H groups in total. The van der Waals surface area contributed by atoms with E-state index in [1.165, 1.54) is 24.2 Å². The molecule has 1 aliphatic heterocycles. The number of imide groups is 1. The van der Waals surface area contributed by atoms with Crippen molar-refractivity contribution in [3.63, 3.8) is 0 Å². The van der Waals surface area contributed by atoms with Crippen molar-refractivity contribution in [3.8, 4) is 0 Å². The number of ether oxygens (including phenoxy) is 1. The van der Waals surface area contributed by atoms with Crippen LogP contribution in [0.4, 0.5) is 4.79 Å². The summed E-state index contributed by atoms with van der Waals surface area (Å²) in [6.45, 7) is 4.49. The molecule has 0 aliphatic carbocycles. The van der Waals surface area contributed by atoms with Crippen molar-refractivity contribution in [2.45, 2.75) is 83.8 Å². The molecule has 194 valence electrons. The Morgan fingerprint density at radius 1 is 1.09 bits per heavy atom. The van der Waals surface area contributed by atoms with Gasteiger partial charge in [0.1, 0.15) is 6.04 Å². The van der Waals surface area contributed by atoms with Crippen LogP contribution < -0.4 is 5.32 Å². The third-order valence-electron chi connectivity index (χ3n) is 6.10. The SMILES string of the molecule is CCCCCCCC[C@H](NCCC(=O)N1C(=O)N(Cc2ccccc2)C[C@H]1C(=O)O)C(=O)OCC. The molecule has 9 nitrogen and oxygen atoms in total. The first kappa shape index (κ1) is 28.3. The van der Waals surface area contributed by atoms with Crippen LogP contribution in [0.2, 0.25) is 0 Å². The van der Waals surface area contributed by atoms with Crippen LogP contribution in [-0.2, 0) is 25.7 Å². The molecule has 0 radical (unpaired) electrons. The van der Waals surface area contributed by atoms with Crippen LogP contribution in [0.3, 0.4) is 0 Å². The standard InChI is InChI=1S/C26H39N3O6/c1-3-5-6-7-8-12-15-21(25(33)35-4-2)27-17-16-23(30)29-22(24(31)32)19-28(26(29)34)18-20-13-10-9-11-14-20/h9-11,13-14,21-22,27H,3-8,12,15-19H2,1-2H3,(H,31,32)/t21-,22-/m0/s1. The zero-order chi connectivity index (χ0) is 25.6. The lowest BCUT2D eigenvalue weighted by Gasteiger charge is -2.21. The highest BCUT2D eigenvalue weighted by atomic mass is 16.5. The Morgan fingerprint density at radius 2 is 1.77 bits per heavy atom. The minimum atomic E-state index is -1.23. The molecule has 0 bridgehead atoms. The number of hydrogen-bond donors (Lipinski definition) is 2. The molecule has 0 unspecified atom stereocenters. The number of hydrogen-bond acceptors (Lipinski definition) is 6. The van der Waals surface area contributed by atoms with Crippen LogP contribution in [0.1, 0.15) is 70.8 Å². The molecule has 1 heterocycles. The second-order valence-electron chi connectivity index (χ2n) is 8.83. The summed E-state index contributed by atoms with van der Waals surface area (Å²) in [5.74, 6) is -2.15. The van der Waals surface area contributed by atoms with E-state index in [0.717, 1.165) is 29.7 Å². The fourth-order valence-corrected chi connectivity index (χ4v) is 4.21. The van der Waals surface area contributed by atoms with Gasteiger partial charge >= 0.3 is 18.0 Å². The molecule has 1 aromatic rings. The highest BCUT2D eigenvalue weighted by Crippen LogP contribution is 2.20. The molecule has 1 aliphatic rings.